The molecule has 0 amide bonds. The first-order valence-electron chi connectivity index (χ1n) is 5.73. The van der Waals surface area contributed by atoms with Crippen LogP contribution in [0, 0.1) is 0 Å². The molecule has 98 valence electrons. The van der Waals surface area contributed by atoms with Crippen LogP contribution in [0.25, 0.3) is 10.9 Å². The zero-order valence-corrected chi connectivity index (χ0v) is 10.5. The molecule has 1 aliphatic rings. The van der Waals surface area contributed by atoms with E-state index in [1.807, 2.05) is 6.07 Å². The maximum atomic E-state index is 11.7. The number of aromatic nitrogens is 1. The highest BCUT2D eigenvalue weighted by molar-refractivity contribution is 6.05. The summed E-state index contributed by atoms with van der Waals surface area (Å²) in [5.74, 6) is 0.872. The minimum absolute atomic E-state index is 0.199. The van der Waals surface area contributed by atoms with E-state index in [-0.39, 0.29) is 6.79 Å². The molecule has 0 unspecified atom stereocenters. The van der Waals surface area contributed by atoms with E-state index in [1.54, 1.807) is 13.1 Å². The largest absolute Gasteiger partial charge is 0.465 e. The zero-order valence-electron chi connectivity index (χ0n) is 10.5. The van der Waals surface area contributed by atoms with Gasteiger partial charge in [-0.3, -0.25) is 4.98 Å². The van der Waals surface area contributed by atoms with Gasteiger partial charge in [-0.2, -0.15) is 0 Å². The average molecular weight is 260 g/mol. The molecule has 6 heteroatoms. The van der Waals surface area contributed by atoms with Gasteiger partial charge in [0.2, 0.25) is 6.79 Å². The number of nitrogens with zero attached hydrogens (tertiary/aromatic N) is 1. The van der Waals surface area contributed by atoms with Gasteiger partial charge < -0.3 is 19.5 Å². The summed E-state index contributed by atoms with van der Waals surface area (Å²) in [7, 11) is 3.08. The monoisotopic (exact) mass is 260 g/mol. The fraction of sp³-hybridized carbons (Fsp3) is 0.231. The van der Waals surface area contributed by atoms with Crippen molar-refractivity contribution in [1.82, 2.24) is 4.98 Å². The quantitative estimate of drug-likeness (QED) is 0.830. The van der Waals surface area contributed by atoms with Crippen LogP contribution in [-0.4, -0.2) is 31.9 Å². The van der Waals surface area contributed by atoms with Crippen molar-refractivity contribution in [3.8, 4) is 11.5 Å². The number of ether oxygens (including phenoxy) is 3. The lowest BCUT2D eigenvalue weighted by atomic mass is 10.1. The number of hydrogen-bond donors (Lipinski definition) is 1. The van der Waals surface area contributed by atoms with Crippen LogP contribution in [0.4, 0.5) is 5.69 Å². The minimum atomic E-state index is -0.434. The van der Waals surface area contributed by atoms with Crippen LogP contribution < -0.4 is 14.8 Å². The van der Waals surface area contributed by atoms with Crippen molar-refractivity contribution in [3.63, 3.8) is 0 Å². The van der Waals surface area contributed by atoms with E-state index in [2.05, 4.69) is 10.3 Å². The molecule has 2 heterocycles. The van der Waals surface area contributed by atoms with E-state index in [4.69, 9.17) is 14.2 Å². The number of rotatable bonds is 2. The van der Waals surface area contributed by atoms with Gasteiger partial charge in [-0.1, -0.05) is 0 Å². The summed E-state index contributed by atoms with van der Waals surface area (Å²) in [6.07, 6.45) is 1.49. The van der Waals surface area contributed by atoms with Crippen LogP contribution in [0.3, 0.4) is 0 Å². The Hall–Kier alpha value is -2.50. The van der Waals surface area contributed by atoms with Crippen molar-refractivity contribution < 1.29 is 19.0 Å². The van der Waals surface area contributed by atoms with Crippen LogP contribution in [0.1, 0.15) is 10.4 Å². The molecule has 0 saturated carbocycles. The van der Waals surface area contributed by atoms with Crippen molar-refractivity contribution in [1.29, 1.82) is 0 Å². The van der Waals surface area contributed by atoms with Gasteiger partial charge in [0.05, 0.1) is 18.3 Å². The van der Waals surface area contributed by atoms with Gasteiger partial charge in [-0.25, -0.2) is 4.79 Å². The summed E-state index contributed by atoms with van der Waals surface area (Å²) in [6.45, 7) is 0.199. The molecule has 3 rings (SSSR count). The van der Waals surface area contributed by atoms with Crippen molar-refractivity contribution in [2.75, 3.05) is 26.3 Å². The minimum Gasteiger partial charge on any atom is -0.465 e. The van der Waals surface area contributed by atoms with Crippen LogP contribution in [0.5, 0.6) is 11.5 Å². The van der Waals surface area contributed by atoms with Gasteiger partial charge in [-0.05, 0) is 6.07 Å². The van der Waals surface area contributed by atoms with Gasteiger partial charge in [0, 0.05) is 24.7 Å². The molecule has 0 bridgehead atoms. The Labute approximate surface area is 109 Å². The normalized spacial score (nSPS) is 12.5. The molecule has 0 fully saturated rings. The smallest absolute Gasteiger partial charge is 0.341 e. The maximum absolute atomic E-state index is 11.7. The number of anilines is 1. The molecular formula is C13H12N2O4. The molecule has 1 aromatic heterocycles. The predicted molar refractivity (Wildman–Crippen MR) is 68.8 cm³/mol. The van der Waals surface area contributed by atoms with E-state index >= 15 is 0 Å². The summed E-state index contributed by atoms with van der Waals surface area (Å²) in [5.41, 5.74) is 1.77. The second kappa shape index (κ2) is 4.31. The molecule has 1 aliphatic heterocycles. The molecule has 0 spiro atoms. The number of benzene rings is 1. The third-order valence-corrected chi connectivity index (χ3v) is 3.02. The molecule has 19 heavy (non-hydrogen) atoms. The van der Waals surface area contributed by atoms with Crippen LogP contribution in [0.15, 0.2) is 18.3 Å². The van der Waals surface area contributed by atoms with Crippen LogP contribution >= 0.6 is 0 Å². The maximum Gasteiger partial charge on any atom is 0.341 e. The van der Waals surface area contributed by atoms with E-state index < -0.39 is 5.97 Å². The van der Waals surface area contributed by atoms with Crippen LogP contribution in [0.2, 0.25) is 0 Å². The van der Waals surface area contributed by atoms with Gasteiger partial charge >= 0.3 is 5.97 Å². The summed E-state index contributed by atoms with van der Waals surface area (Å²) >= 11 is 0. The Morgan fingerprint density at radius 3 is 2.79 bits per heavy atom. The predicted octanol–water partition coefficient (Wildman–Crippen LogP) is 1.79. The Kier molecular flexibility index (Phi) is 2.63. The van der Waals surface area contributed by atoms with Crippen molar-refractivity contribution in [3.05, 3.63) is 23.9 Å². The van der Waals surface area contributed by atoms with Gasteiger partial charge in [0.15, 0.2) is 11.5 Å². The number of pyridine rings is 1. The lowest BCUT2D eigenvalue weighted by Crippen LogP contribution is -2.07. The zero-order chi connectivity index (χ0) is 13.4. The molecule has 0 radical (unpaired) electrons. The standard InChI is InChI=1S/C13H12N2O4/c1-14-12-7-3-10-11(19-6-18-10)4-9(7)15-5-8(12)13(16)17-2/h3-5H,6H2,1-2H3,(H,14,15). The second-order valence-electron chi connectivity index (χ2n) is 4.01. The Morgan fingerprint density at radius 2 is 2.11 bits per heavy atom. The molecule has 6 nitrogen and oxygen atoms in total. The van der Waals surface area contributed by atoms with Gasteiger partial charge in [0.25, 0.3) is 0 Å². The highest BCUT2D eigenvalue weighted by Crippen LogP contribution is 2.38. The third-order valence-electron chi connectivity index (χ3n) is 3.02. The Morgan fingerprint density at radius 1 is 1.37 bits per heavy atom. The summed E-state index contributed by atoms with van der Waals surface area (Å²) in [6, 6.07) is 3.60. The summed E-state index contributed by atoms with van der Waals surface area (Å²) in [5, 5.41) is 3.79. The van der Waals surface area contributed by atoms with E-state index in [1.165, 1.54) is 13.3 Å². The lowest BCUT2D eigenvalue weighted by molar-refractivity contribution is 0.0601. The number of esters is 1. The molecule has 1 N–H and O–H groups in total. The van der Waals surface area contributed by atoms with Gasteiger partial charge in [0.1, 0.15) is 5.56 Å². The van der Waals surface area contributed by atoms with Crippen molar-refractivity contribution in [2.24, 2.45) is 0 Å². The molecule has 0 atom stereocenters. The van der Waals surface area contributed by atoms with E-state index in [9.17, 15) is 4.79 Å². The molecule has 0 saturated heterocycles. The molecule has 0 aliphatic carbocycles. The number of nitrogens with one attached hydrogen (secondary N) is 1. The number of carbonyl (C=O) groups excluding carboxylic acids is 1. The topological polar surface area (TPSA) is 69.7 Å². The highest BCUT2D eigenvalue weighted by atomic mass is 16.7. The molecular weight excluding hydrogens is 248 g/mol. The number of fused-ring (bicyclic) bond motifs is 2. The molecule has 1 aromatic carbocycles. The second-order valence-corrected chi connectivity index (χ2v) is 4.01. The van der Waals surface area contributed by atoms with Gasteiger partial charge in [-0.15, -0.1) is 0 Å². The average Bonchev–Trinajstić information content (AvgIpc) is 2.89. The SMILES string of the molecule is CNc1c(C(=O)OC)cnc2cc3c(cc12)OCO3. The summed E-state index contributed by atoms with van der Waals surface area (Å²) < 4.78 is 15.4. The van der Waals surface area contributed by atoms with E-state index in [0.29, 0.717) is 22.7 Å². The first-order valence-corrected chi connectivity index (χ1v) is 5.73. The fourth-order valence-corrected chi connectivity index (χ4v) is 2.12. The van der Waals surface area contributed by atoms with Crippen LogP contribution in [-0.2, 0) is 4.74 Å². The Balaban J connectivity index is 2.27. The number of carbonyl (C=O) groups is 1. The summed E-state index contributed by atoms with van der Waals surface area (Å²) in [4.78, 5) is 16.0. The third kappa shape index (κ3) is 1.72. The molecule has 2 aromatic rings. The highest BCUT2D eigenvalue weighted by Gasteiger charge is 2.20. The van der Waals surface area contributed by atoms with Crippen molar-refractivity contribution in [2.45, 2.75) is 0 Å². The Bertz CT molecular complexity index is 669. The number of methoxy groups -OCH3 is 1. The first-order chi connectivity index (χ1) is 9.24. The first kappa shape index (κ1) is 11.6. The fourth-order valence-electron chi connectivity index (χ4n) is 2.12. The number of hydrogen-bond acceptors (Lipinski definition) is 6. The lowest BCUT2D eigenvalue weighted by Gasteiger charge is -2.11. The van der Waals surface area contributed by atoms with E-state index in [0.717, 1.165) is 10.9 Å². The van der Waals surface area contributed by atoms with Crippen molar-refractivity contribution >= 4 is 22.6 Å².